The maximum Gasteiger partial charge on any atom is 0.147 e. The second-order valence-corrected chi connectivity index (χ2v) is 5.91. The quantitative estimate of drug-likeness (QED) is 0.834. The Labute approximate surface area is 127 Å². The van der Waals surface area contributed by atoms with Gasteiger partial charge in [-0.2, -0.15) is 0 Å². The zero-order chi connectivity index (χ0) is 14.5. The second kappa shape index (κ2) is 7.25. The minimum absolute atomic E-state index is 0.331. The molecule has 4 nitrogen and oxygen atoms in total. The Balaban J connectivity index is 1.61. The standard InChI is InChI=1S/C17H25NO3/c1-19-17-7-3-2-5-14(17)11-15-6-4-9-18(15)12-16-8-10-20-13-21-16/h2-3,5,7,15-16H,4,6,8-13H2,1H3/t15-,16+/m1/s1. The zero-order valence-corrected chi connectivity index (χ0v) is 12.8. The molecule has 0 aromatic heterocycles. The molecule has 2 atom stereocenters. The molecular formula is C17H25NO3. The first-order valence-electron chi connectivity index (χ1n) is 7.92. The fourth-order valence-corrected chi connectivity index (χ4v) is 3.40. The van der Waals surface area contributed by atoms with Gasteiger partial charge in [0.2, 0.25) is 0 Å². The highest BCUT2D eigenvalue weighted by atomic mass is 16.7. The number of para-hydroxylation sites is 1. The molecule has 2 aliphatic rings. The molecular weight excluding hydrogens is 266 g/mol. The molecule has 0 radical (unpaired) electrons. The van der Waals surface area contributed by atoms with Crippen LogP contribution in [0, 0.1) is 0 Å². The summed E-state index contributed by atoms with van der Waals surface area (Å²) in [4.78, 5) is 2.59. The van der Waals surface area contributed by atoms with E-state index in [1.54, 1.807) is 7.11 Å². The Morgan fingerprint density at radius 3 is 3.00 bits per heavy atom. The van der Waals surface area contributed by atoms with Gasteiger partial charge in [-0.05, 0) is 43.9 Å². The van der Waals surface area contributed by atoms with Crippen LogP contribution in [0.2, 0.25) is 0 Å². The Kier molecular flexibility index (Phi) is 5.12. The van der Waals surface area contributed by atoms with E-state index in [2.05, 4.69) is 23.1 Å². The van der Waals surface area contributed by atoms with Crippen molar-refractivity contribution in [2.75, 3.05) is 33.6 Å². The first kappa shape index (κ1) is 14.8. The summed E-state index contributed by atoms with van der Waals surface area (Å²) < 4.78 is 16.4. The van der Waals surface area contributed by atoms with Gasteiger partial charge in [-0.3, -0.25) is 4.90 Å². The topological polar surface area (TPSA) is 30.9 Å². The lowest BCUT2D eigenvalue weighted by Gasteiger charge is -2.31. The van der Waals surface area contributed by atoms with Crippen LogP contribution < -0.4 is 4.74 Å². The van der Waals surface area contributed by atoms with Crippen molar-refractivity contribution < 1.29 is 14.2 Å². The minimum atomic E-state index is 0.331. The number of hydrogen-bond acceptors (Lipinski definition) is 4. The number of likely N-dealkylation sites (tertiary alicyclic amines) is 1. The van der Waals surface area contributed by atoms with E-state index in [0.717, 1.165) is 31.7 Å². The third-order valence-electron chi connectivity index (χ3n) is 4.56. The smallest absolute Gasteiger partial charge is 0.147 e. The summed E-state index contributed by atoms with van der Waals surface area (Å²) in [6, 6.07) is 8.97. The molecule has 0 unspecified atom stereocenters. The van der Waals surface area contributed by atoms with E-state index in [4.69, 9.17) is 14.2 Å². The first-order valence-corrected chi connectivity index (χ1v) is 7.92. The van der Waals surface area contributed by atoms with E-state index in [1.165, 1.54) is 24.9 Å². The molecule has 0 bridgehead atoms. The van der Waals surface area contributed by atoms with Gasteiger partial charge in [-0.15, -0.1) is 0 Å². The van der Waals surface area contributed by atoms with Crippen LogP contribution in [0.1, 0.15) is 24.8 Å². The van der Waals surface area contributed by atoms with E-state index in [9.17, 15) is 0 Å². The molecule has 3 rings (SSSR count). The highest BCUT2D eigenvalue weighted by Crippen LogP contribution is 2.26. The van der Waals surface area contributed by atoms with Gasteiger partial charge >= 0.3 is 0 Å². The van der Waals surface area contributed by atoms with Crippen LogP contribution in [0.25, 0.3) is 0 Å². The average molecular weight is 291 g/mol. The third kappa shape index (κ3) is 3.76. The van der Waals surface area contributed by atoms with Gasteiger partial charge in [-0.1, -0.05) is 18.2 Å². The Bertz CT molecular complexity index is 445. The predicted molar refractivity (Wildman–Crippen MR) is 81.6 cm³/mol. The lowest BCUT2D eigenvalue weighted by atomic mass is 10.0. The average Bonchev–Trinajstić information content (AvgIpc) is 2.96. The summed E-state index contributed by atoms with van der Waals surface area (Å²) in [5.74, 6) is 1.01. The van der Waals surface area contributed by atoms with Crippen LogP contribution in [0.4, 0.5) is 0 Å². The lowest BCUT2D eigenvalue weighted by Crippen LogP contribution is -2.40. The van der Waals surface area contributed by atoms with E-state index >= 15 is 0 Å². The maximum atomic E-state index is 5.69. The molecule has 2 heterocycles. The summed E-state index contributed by atoms with van der Waals surface area (Å²) in [5.41, 5.74) is 1.31. The van der Waals surface area contributed by atoms with E-state index in [0.29, 0.717) is 18.9 Å². The summed E-state index contributed by atoms with van der Waals surface area (Å²) in [7, 11) is 1.75. The Hall–Kier alpha value is -1.10. The number of hydrogen-bond donors (Lipinski definition) is 0. The van der Waals surface area contributed by atoms with Crippen molar-refractivity contribution in [3.05, 3.63) is 29.8 Å². The highest BCUT2D eigenvalue weighted by Gasteiger charge is 2.28. The number of benzene rings is 1. The fourth-order valence-electron chi connectivity index (χ4n) is 3.40. The molecule has 1 aromatic rings. The summed E-state index contributed by atoms with van der Waals surface area (Å²) in [6.45, 7) is 3.50. The van der Waals surface area contributed by atoms with Gasteiger partial charge in [0.25, 0.3) is 0 Å². The molecule has 2 fully saturated rings. The molecule has 116 valence electrons. The maximum absolute atomic E-state index is 5.69. The monoisotopic (exact) mass is 291 g/mol. The number of nitrogens with zero attached hydrogens (tertiary/aromatic N) is 1. The number of rotatable bonds is 5. The van der Waals surface area contributed by atoms with E-state index in [-0.39, 0.29) is 0 Å². The summed E-state index contributed by atoms with van der Waals surface area (Å²) >= 11 is 0. The van der Waals surface area contributed by atoms with Gasteiger partial charge in [-0.25, -0.2) is 0 Å². The van der Waals surface area contributed by atoms with Crippen LogP contribution in [-0.2, 0) is 15.9 Å². The van der Waals surface area contributed by atoms with Crippen molar-refractivity contribution in [1.29, 1.82) is 0 Å². The van der Waals surface area contributed by atoms with Gasteiger partial charge in [0.1, 0.15) is 12.5 Å². The van der Waals surface area contributed by atoms with Gasteiger partial charge in [0.15, 0.2) is 0 Å². The van der Waals surface area contributed by atoms with Crippen molar-refractivity contribution in [2.45, 2.75) is 37.8 Å². The Morgan fingerprint density at radius 2 is 2.19 bits per heavy atom. The molecule has 4 heteroatoms. The molecule has 0 saturated carbocycles. The van der Waals surface area contributed by atoms with Crippen molar-refractivity contribution in [3.8, 4) is 5.75 Å². The van der Waals surface area contributed by atoms with Crippen LogP contribution in [0.5, 0.6) is 5.75 Å². The first-order chi connectivity index (χ1) is 10.4. The number of ether oxygens (including phenoxy) is 3. The van der Waals surface area contributed by atoms with Gasteiger partial charge in [0, 0.05) is 12.6 Å². The fraction of sp³-hybridized carbons (Fsp3) is 0.647. The van der Waals surface area contributed by atoms with E-state index < -0.39 is 0 Å². The third-order valence-corrected chi connectivity index (χ3v) is 4.56. The molecule has 0 amide bonds. The van der Waals surface area contributed by atoms with Crippen molar-refractivity contribution in [1.82, 2.24) is 4.90 Å². The van der Waals surface area contributed by atoms with Crippen molar-refractivity contribution in [3.63, 3.8) is 0 Å². The van der Waals surface area contributed by atoms with Crippen LogP contribution in [0.15, 0.2) is 24.3 Å². The van der Waals surface area contributed by atoms with Gasteiger partial charge < -0.3 is 14.2 Å². The van der Waals surface area contributed by atoms with Crippen LogP contribution >= 0.6 is 0 Å². The normalized spacial score (nSPS) is 26.9. The largest absolute Gasteiger partial charge is 0.496 e. The lowest BCUT2D eigenvalue weighted by molar-refractivity contribution is -0.145. The van der Waals surface area contributed by atoms with Crippen molar-refractivity contribution >= 4 is 0 Å². The number of methoxy groups -OCH3 is 1. The Morgan fingerprint density at radius 1 is 1.29 bits per heavy atom. The predicted octanol–water partition coefficient (Wildman–Crippen LogP) is 2.47. The molecule has 2 saturated heterocycles. The molecule has 1 aromatic carbocycles. The van der Waals surface area contributed by atoms with E-state index in [1.807, 2.05) is 6.07 Å². The van der Waals surface area contributed by atoms with Crippen molar-refractivity contribution in [2.24, 2.45) is 0 Å². The summed E-state index contributed by atoms with van der Waals surface area (Å²) in [6.07, 6.45) is 4.95. The van der Waals surface area contributed by atoms with Crippen LogP contribution in [0.3, 0.4) is 0 Å². The minimum Gasteiger partial charge on any atom is -0.496 e. The highest BCUT2D eigenvalue weighted by molar-refractivity contribution is 5.34. The molecule has 0 N–H and O–H groups in total. The molecule has 2 aliphatic heterocycles. The molecule has 0 aliphatic carbocycles. The summed E-state index contributed by atoms with van der Waals surface area (Å²) in [5, 5.41) is 0. The zero-order valence-electron chi connectivity index (χ0n) is 12.8. The van der Waals surface area contributed by atoms with Crippen LogP contribution in [-0.4, -0.2) is 50.6 Å². The van der Waals surface area contributed by atoms with Gasteiger partial charge in [0.05, 0.1) is 19.8 Å². The molecule has 0 spiro atoms. The second-order valence-electron chi connectivity index (χ2n) is 5.91. The SMILES string of the molecule is COc1ccccc1C[C@H]1CCCN1C[C@@H]1CCOCO1. The molecule has 21 heavy (non-hydrogen) atoms.